The third kappa shape index (κ3) is 2.47. The molecule has 0 radical (unpaired) electrons. The van der Waals surface area contributed by atoms with Crippen LogP contribution < -0.4 is 11.0 Å². The van der Waals surface area contributed by atoms with Gasteiger partial charge in [-0.05, 0) is 12.8 Å². The molecule has 1 N–H and O–H groups in total. The first-order valence-electron chi connectivity index (χ1n) is 5.59. The molecule has 0 spiro atoms. The van der Waals surface area contributed by atoms with E-state index in [0.717, 1.165) is 6.54 Å². The molecule has 84 valence electrons. The molecule has 0 bridgehead atoms. The van der Waals surface area contributed by atoms with Crippen LogP contribution >= 0.6 is 0 Å². The summed E-state index contributed by atoms with van der Waals surface area (Å²) in [7, 11) is 1.72. The minimum Gasteiger partial charge on any atom is -0.312 e. The first kappa shape index (κ1) is 10.4. The van der Waals surface area contributed by atoms with Crippen molar-refractivity contribution in [2.24, 2.45) is 7.05 Å². The second kappa shape index (κ2) is 4.61. The second-order valence-corrected chi connectivity index (χ2v) is 4.18. The minimum absolute atomic E-state index is 0.0387. The molecular formula is C10H18N4O. The van der Waals surface area contributed by atoms with Gasteiger partial charge in [-0.15, -0.1) is 0 Å². The summed E-state index contributed by atoms with van der Waals surface area (Å²) in [5.41, 5.74) is -0.0387. The highest BCUT2D eigenvalue weighted by Gasteiger charge is 2.13. The number of nitrogens with one attached hydrogen (secondary N) is 1. The number of aromatic nitrogens is 3. The van der Waals surface area contributed by atoms with E-state index in [1.165, 1.54) is 34.9 Å². The predicted octanol–water partition coefficient (Wildman–Crippen LogP) is 0.114. The highest BCUT2D eigenvalue weighted by molar-refractivity contribution is 4.73. The van der Waals surface area contributed by atoms with E-state index in [4.69, 9.17) is 0 Å². The molecule has 1 aliphatic rings. The van der Waals surface area contributed by atoms with Crippen LogP contribution in [-0.2, 0) is 13.6 Å². The van der Waals surface area contributed by atoms with Crippen molar-refractivity contribution in [1.82, 2.24) is 19.7 Å². The van der Waals surface area contributed by atoms with E-state index in [-0.39, 0.29) is 5.69 Å². The summed E-state index contributed by atoms with van der Waals surface area (Å²) >= 11 is 0. The molecule has 1 aromatic heterocycles. The average Bonchev–Trinajstić information content (AvgIpc) is 2.83. The van der Waals surface area contributed by atoms with E-state index in [0.29, 0.717) is 12.6 Å². The fraction of sp³-hybridized carbons (Fsp3) is 0.800. The summed E-state index contributed by atoms with van der Waals surface area (Å²) in [6, 6.07) is 0.657. The maximum atomic E-state index is 11.4. The van der Waals surface area contributed by atoms with Crippen molar-refractivity contribution in [3.8, 4) is 0 Å². The van der Waals surface area contributed by atoms with Gasteiger partial charge in [0.25, 0.3) is 0 Å². The molecule has 0 atom stereocenters. The summed E-state index contributed by atoms with van der Waals surface area (Å²) in [5.74, 6) is 0. The lowest BCUT2D eigenvalue weighted by atomic mass is 10.2. The van der Waals surface area contributed by atoms with Gasteiger partial charge in [-0.3, -0.25) is 4.57 Å². The highest BCUT2D eigenvalue weighted by Crippen LogP contribution is 2.17. The Morgan fingerprint density at radius 1 is 1.53 bits per heavy atom. The van der Waals surface area contributed by atoms with Crippen LogP contribution in [-0.4, -0.2) is 26.9 Å². The van der Waals surface area contributed by atoms with Crippen molar-refractivity contribution in [3.63, 3.8) is 0 Å². The van der Waals surface area contributed by atoms with E-state index in [2.05, 4.69) is 10.4 Å². The highest BCUT2D eigenvalue weighted by atomic mass is 16.2. The second-order valence-electron chi connectivity index (χ2n) is 4.18. The molecule has 1 fully saturated rings. The first-order chi connectivity index (χ1) is 7.27. The molecule has 0 unspecified atom stereocenters. The third-order valence-corrected chi connectivity index (χ3v) is 3.00. The van der Waals surface area contributed by atoms with Crippen LogP contribution in [0.2, 0.25) is 0 Å². The summed E-state index contributed by atoms with van der Waals surface area (Å²) in [5, 5.41) is 7.46. The molecule has 1 heterocycles. The van der Waals surface area contributed by atoms with Crippen LogP contribution in [0.15, 0.2) is 11.1 Å². The smallest absolute Gasteiger partial charge is 0.312 e. The van der Waals surface area contributed by atoms with Gasteiger partial charge < -0.3 is 5.32 Å². The van der Waals surface area contributed by atoms with E-state index >= 15 is 0 Å². The lowest BCUT2D eigenvalue weighted by Crippen LogP contribution is -2.33. The fourth-order valence-electron chi connectivity index (χ4n) is 2.08. The molecule has 0 saturated heterocycles. The van der Waals surface area contributed by atoms with Gasteiger partial charge in [-0.2, -0.15) is 5.10 Å². The Hall–Kier alpha value is -1.10. The van der Waals surface area contributed by atoms with Gasteiger partial charge in [-0.25, -0.2) is 9.48 Å². The zero-order valence-electron chi connectivity index (χ0n) is 9.15. The molecule has 2 rings (SSSR count). The maximum absolute atomic E-state index is 11.4. The molecule has 1 saturated carbocycles. The molecule has 0 aromatic carbocycles. The Kier molecular flexibility index (Phi) is 3.20. The molecule has 0 aliphatic heterocycles. The molecule has 5 heteroatoms. The van der Waals surface area contributed by atoms with Crippen LogP contribution in [0.1, 0.15) is 25.7 Å². The van der Waals surface area contributed by atoms with Gasteiger partial charge in [0.1, 0.15) is 6.33 Å². The van der Waals surface area contributed by atoms with Gasteiger partial charge in [0.15, 0.2) is 0 Å². The molecular weight excluding hydrogens is 192 g/mol. The average molecular weight is 210 g/mol. The van der Waals surface area contributed by atoms with Crippen LogP contribution in [0.3, 0.4) is 0 Å². The number of aryl methyl sites for hydroxylation is 1. The number of hydrogen-bond acceptors (Lipinski definition) is 3. The predicted molar refractivity (Wildman–Crippen MR) is 57.7 cm³/mol. The van der Waals surface area contributed by atoms with Gasteiger partial charge in [0, 0.05) is 19.6 Å². The number of nitrogens with zero attached hydrogens (tertiary/aromatic N) is 3. The Balaban J connectivity index is 1.78. The summed E-state index contributed by atoms with van der Waals surface area (Å²) < 4.78 is 3.00. The normalized spacial score (nSPS) is 17.4. The molecule has 1 aromatic rings. The number of rotatable bonds is 4. The lowest BCUT2D eigenvalue weighted by Gasteiger charge is -2.10. The summed E-state index contributed by atoms with van der Waals surface area (Å²) in [4.78, 5) is 11.4. The van der Waals surface area contributed by atoms with Crippen molar-refractivity contribution in [2.75, 3.05) is 6.54 Å². The summed E-state index contributed by atoms with van der Waals surface area (Å²) in [6.07, 6.45) is 6.77. The van der Waals surface area contributed by atoms with Crippen LogP contribution in [0.25, 0.3) is 0 Å². The molecule has 15 heavy (non-hydrogen) atoms. The SMILES string of the molecule is Cn1cnn(CCNC2CCCC2)c1=O. The van der Waals surface area contributed by atoms with Crippen LogP contribution in [0.5, 0.6) is 0 Å². The first-order valence-corrected chi connectivity index (χ1v) is 5.59. The van der Waals surface area contributed by atoms with Gasteiger partial charge in [0.05, 0.1) is 6.54 Å². The van der Waals surface area contributed by atoms with Crippen molar-refractivity contribution in [3.05, 3.63) is 16.8 Å². The van der Waals surface area contributed by atoms with E-state index in [9.17, 15) is 4.79 Å². The molecule has 5 nitrogen and oxygen atoms in total. The van der Waals surface area contributed by atoms with Crippen molar-refractivity contribution in [2.45, 2.75) is 38.3 Å². The molecule has 0 amide bonds. The Labute approximate surface area is 89.1 Å². The quantitative estimate of drug-likeness (QED) is 0.767. The minimum atomic E-state index is -0.0387. The standard InChI is InChI=1S/C10H18N4O/c1-13-8-12-14(10(13)15)7-6-11-9-4-2-3-5-9/h8-9,11H,2-7H2,1H3. The van der Waals surface area contributed by atoms with Gasteiger partial charge in [0.2, 0.25) is 0 Å². The lowest BCUT2D eigenvalue weighted by molar-refractivity contribution is 0.473. The maximum Gasteiger partial charge on any atom is 0.345 e. The van der Waals surface area contributed by atoms with Crippen molar-refractivity contribution in [1.29, 1.82) is 0 Å². The van der Waals surface area contributed by atoms with Crippen molar-refractivity contribution >= 4 is 0 Å². The van der Waals surface area contributed by atoms with E-state index < -0.39 is 0 Å². The summed E-state index contributed by atoms with van der Waals surface area (Å²) in [6.45, 7) is 1.50. The zero-order chi connectivity index (χ0) is 10.7. The Morgan fingerprint density at radius 3 is 2.87 bits per heavy atom. The van der Waals surface area contributed by atoms with Crippen LogP contribution in [0, 0.1) is 0 Å². The number of hydrogen-bond donors (Lipinski definition) is 1. The largest absolute Gasteiger partial charge is 0.345 e. The monoisotopic (exact) mass is 210 g/mol. The van der Waals surface area contributed by atoms with E-state index in [1.807, 2.05) is 0 Å². The third-order valence-electron chi connectivity index (χ3n) is 3.00. The Bertz CT molecular complexity index is 362. The van der Waals surface area contributed by atoms with Crippen LogP contribution in [0.4, 0.5) is 0 Å². The fourth-order valence-corrected chi connectivity index (χ4v) is 2.08. The Morgan fingerprint density at radius 2 is 2.27 bits per heavy atom. The van der Waals surface area contributed by atoms with Gasteiger partial charge in [-0.1, -0.05) is 12.8 Å². The van der Waals surface area contributed by atoms with Gasteiger partial charge >= 0.3 is 5.69 Å². The topological polar surface area (TPSA) is 51.9 Å². The molecule has 1 aliphatic carbocycles. The van der Waals surface area contributed by atoms with Crippen molar-refractivity contribution < 1.29 is 0 Å². The van der Waals surface area contributed by atoms with E-state index in [1.54, 1.807) is 13.4 Å². The zero-order valence-corrected chi connectivity index (χ0v) is 9.15.